The molecule has 1 amide bonds. The van der Waals surface area contributed by atoms with Crippen LogP contribution in [0, 0.1) is 5.92 Å². The highest BCUT2D eigenvalue weighted by atomic mass is 16.6. The Balaban J connectivity index is 4.26. The van der Waals surface area contributed by atoms with Crippen LogP contribution in [0.15, 0.2) is 0 Å². The van der Waals surface area contributed by atoms with Gasteiger partial charge in [-0.3, -0.25) is 0 Å². The minimum absolute atomic E-state index is 0.0160. The quantitative estimate of drug-likeness (QED) is 0.467. The maximum atomic E-state index is 12.1. The first kappa shape index (κ1) is 19.7. The van der Waals surface area contributed by atoms with Crippen molar-refractivity contribution in [1.29, 1.82) is 0 Å². The number of alkyl carbamates (subject to hydrolysis) is 1. The summed E-state index contributed by atoms with van der Waals surface area (Å²) in [5.41, 5.74) is 0. The third-order valence-electron chi connectivity index (χ3n) is 3.42. The van der Waals surface area contributed by atoms with E-state index in [0.717, 1.165) is 38.5 Å². The lowest BCUT2D eigenvalue weighted by Gasteiger charge is -2.22. The topological polar surface area (TPSA) is 64.6 Å². The summed E-state index contributed by atoms with van der Waals surface area (Å²) >= 11 is 0. The zero-order valence-electron chi connectivity index (χ0n) is 13.9. The fraction of sp³-hybridized carbons (Fsp3) is 0.875. The van der Waals surface area contributed by atoms with E-state index in [0.29, 0.717) is 13.2 Å². The van der Waals surface area contributed by atoms with Crippen LogP contribution in [0.1, 0.15) is 66.2 Å². The predicted octanol–water partition coefficient (Wildman–Crippen LogP) is 3.66. The van der Waals surface area contributed by atoms with Gasteiger partial charge >= 0.3 is 12.1 Å². The molecule has 21 heavy (non-hydrogen) atoms. The minimum Gasteiger partial charge on any atom is -0.464 e. The fourth-order valence-corrected chi connectivity index (χ4v) is 1.82. The molecule has 0 bridgehead atoms. The van der Waals surface area contributed by atoms with Gasteiger partial charge in [0.15, 0.2) is 0 Å². The lowest BCUT2D eigenvalue weighted by atomic mass is 9.99. The smallest absolute Gasteiger partial charge is 0.407 e. The van der Waals surface area contributed by atoms with E-state index < -0.39 is 12.1 Å². The zero-order valence-corrected chi connectivity index (χ0v) is 13.9. The maximum Gasteiger partial charge on any atom is 0.407 e. The number of hydrogen-bond donors (Lipinski definition) is 1. The van der Waals surface area contributed by atoms with Crippen molar-refractivity contribution in [2.45, 2.75) is 72.3 Å². The van der Waals surface area contributed by atoms with E-state index >= 15 is 0 Å². The Morgan fingerprint density at radius 2 is 1.67 bits per heavy atom. The standard InChI is InChI=1S/C16H31NO4/c1-5-8-9-10-12-20-15(18)14(13(4)7-3)17-16(19)21-11-6-2/h13-14H,5-12H2,1-4H3,(H,17,19). The maximum absolute atomic E-state index is 12.1. The second kappa shape index (κ2) is 12.5. The van der Waals surface area contributed by atoms with Gasteiger partial charge in [0.05, 0.1) is 13.2 Å². The van der Waals surface area contributed by atoms with Crippen LogP contribution < -0.4 is 5.32 Å². The van der Waals surface area contributed by atoms with E-state index in [1.54, 1.807) is 0 Å². The second-order valence-electron chi connectivity index (χ2n) is 5.37. The third kappa shape index (κ3) is 9.32. The van der Waals surface area contributed by atoms with Gasteiger partial charge in [-0.15, -0.1) is 0 Å². The van der Waals surface area contributed by atoms with Crippen LogP contribution in [-0.2, 0) is 14.3 Å². The van der Waals surface area contributed by atoms with Crippen molar-refractivity contribution >= 4 is 12.1 Å². The van der Waals surface area contributed by atoms with Crippen LogP contribution in [0.5, 0.6) is 0 Å². The molecule has 0 spiro atoms. The molecule has 0 fully saturated rings. The van der Waals surface area contributed by atoms with Crippen LogP contribution >= 0.6 is 0 Å². The summed E-state index contributed by atoms with van der Waals surface area (Å²) < 4.78 is 10.2. The number of unbranched alkanes of at least 4 members (excludes halogenated alkanes) is 3. The molecule has 0 radical (unpaired) electrons. The summed E-state index contributed by atoms with van der Waals surface area (Å²) in [6, 6.07) is -0.634. The molecule has 0 saturated heterocycles. The SMILES string of the molecule is CCCCCCOC(=O)C(NC(=O)OCCC)C(C)CC. The van der Waals surface area contributed by atoms with Gasteiger partial charge in [-0.1, -0.05) is 53.4 Å². The van der Waals surface area contributed by atoms with Crippen molar-refractivity contribution < 1.29 is 19.1 Å². The van der Waals surface area contributed by atoms with Crippen molar-refractivity contribution in [3.63, 3.8) is 0 Å². The van der Waals surface area contributed by atoms with Gasteiger partial charge in [-0.25, -0.2) is 9.59 Å². The van der Waals surface area contributed by atoms with Gasteiger partial charge in [0.1, 0.15) is 6.04 Å². The highest BCUT2D eigenvalue weighted by Gasteiger charge is 2.27. The van der Waals surface area contributed by atoms with Crippen LogP contribution in [0.2, 0.25) is 0 Å². The number of hydrogen-bond acceptors (Lipinski definition) is 4. The number of esters is 1. The molecule has 0 heterocycles. The average molecular weight is 301 g/mol. The number of nitrogens with one attached hydrogen (secondary N) is 1. The average Bonchev–Trinajstić information content (AvgIpc) is 2.49. The molecule has 0 rings (SSSR count). The number of rotatable bonds is 11. The Labute approximate surface area is 128 Å². The van der Waals surface area contributed by atoms with Crippen LogP contribution in [-0.4, -0.2) is 31.3 Å². The first-order valence-electron chi connectivity index (χ1n) is 8.16. The van der Waals surface area contributed by atoms with Crippen molar-refractivity contribution in [2.24, 2.45) is 5.92 Å². The highest BCUT2D eigenvalue weighted by molar-refractivity contribution is 5.81. The molecule has 0 aromatic carbocycles. The van der Waals surface area contributed by atoms with E-state index in [1.165, 1.54) is 0 Å². The Morgan fingerprint density at radius 1 is 0.952 bits per heavy atom. The summed E-state index contributed by atoms with van der Waals surface area (Å²) in [7, 11) is 0. The lowest BCUT2D eigenvalue weighted by molar-refractivity contribution is -0.147. The van der Waals surface area contributed by atoms with Gasteiger partial charge < -0.3 is 14.8 Å². The van der Waals surface area contributed by atoms with Crippen LogP contribution in [0.4, 0.5) is 4.79 Å². The molecule has 0 saturated carbocycles. The zero-order chi connectivity index (χ0) is 16.1. The Bertz CT molecular complexity index is 294. The Kier molecular flexibility index (Phi) is 11.7. The molecule has 124 valence electrons. The van der Waals surface area contributed by atoms with Gasteiger partial charge in [0.25, 0.3) is 0 Å². The molecule has 0 aliphatic heterocycles. The van der Waals surface area contributed by atoms with Gasteiger partial charge in [-0.05, 0) is 18.8 Å². The summed E-state index contributed by atoms with van der Waals surface area (Å²) in [4.78, 5) is 23.7. The van der Waals surface area contributed by atoms with Gasteiger partial charge in [0, 0.05) is 0 Å². The largest absolute Gasteiger partial charge is 0.464 e. The van der Waals surface area contributed by atoms with Gasteiger partial charge in [0.2, 0.25) is 0 Å². The Morgan fingerprint density at radius 3 is 2.24 bits per heavy atom. The van der Waals surface area contributed by atoms with Crippen molar-refractivity contribution in [2.75, 3.05) is 13.2 Å². The van der Waals surface area contributed by atoms with E-state index in [1.807, 2.05) is 20.8 Å². The molecule has 5 nitrogen and oxygen atoms in total. The van der Waals surface area contributed by atoms with E-state index in [2.05, 4.69) is 12.2 Å². The summed E-state index contributed by atoms with van der Waals surface area (Å²) in [6.45, 7) is 8.72. The summed E-state index contributed by atoms with van der Waals surface area (Å²) in [5, 5.41) is 2.62. The number of ether oxygens (including phenoxy) is 2. The molecular formula is C16H31NO4. The first-order valence-corrected chi connectivity index (χ1v) is 8.16. The normalized spacial score (nSPS) is 13.3. The molecular weight excluding hydrogens is 270 g/mol. The van der Waals surface area contributed by atoms with Gasteiger partial charge in [-0.2, -0.15) is 0 Å². The van der Waals surface area contributed by atoms with Crippen LogP contribution in [0.3, 0.4) is 0 Å². The minimum atomic E-state index is -0.634. The van der Waals surface area contributed by atoms with E-state index in [-0.39, 0.29) is 11.9 Å². The molecule has 0 aromatic heterocycles. The molecule has 0 aromatic rings. The van der Waals surface area contributed by atoms with Crippen molar-refractivity contribution in [3.8, 4) is 0 Å². The Hall–Kier alpha value is -1.26. The predicted molar refractivity (Wildman–Crippen MR) is 83.1 cm³/mol. The van der Waals surface area contributed by atoms with Crippen LogP contribution in [0.25, 0.3) is 0 Å². The molecule has 2 atom stereocenters. The molecule has 0 aliphatic carbocycles. The molecule has 0 aliphatic rings. The summed E-state index contributed by atoms with van der Waals surface area (Å²) in [6.07, 6.45) is 5.21. The molecule has 2 unspecified atom stereocenters. The van der Waals surface area contributed by atoms with Crippen molar-refractivity contribution in [1.82, 2.24) is 5.32 Å². The number of carbonyl (C=O) groups is 2. The third-order valence-corrected chi connectivity index (χ3v) is 3.42. The van der Waals surface area contributed by atoms with E-state index in [4.69, 9.17) is 9.47 Å². The first-order chi connectivity index (χ1) is 10.1. The summed E-state index contributed by atoms with van der Waals surface area (Å²) in [5.74, 6) is -0.350. The fourth-order valence-electron chi connectivity index (χ4n) is 1.82. The molecule has 5 heteroatoms. The molecule has 1 N–H and O–H groups in total. The monoisotopic (exact) mass is 301 g/mol. The van der Waals surface area contributed by atoms with E-state index in [9.17, 15) is 9.59 Å². The second-order valence-corrected chi connectivity index (χ2v) is 5.37. The lowest BCUT2D eigenvalue weighted by Crippen LogP contribution is -2.46. The van der Waals surface area contributed by atoms with Crippen molar-refractivity contribution in [3.05, 3.63) is 0 Å². The highest BCUT2D eigenvalue weighted by Crippen LogP contribution is 2.10. The number of amides is 1. The number of carbonyl (C=O) groups excluding carboxylic acids is 2.